The SMILES string of the molecule is CC(NC(=O)c1ccc(NC(=O)CSc2nncn2C)cc1)c1ccc(-n2ccnc2)cc1. The van der Waals surface area contributed by atoms with Gasteiger partial charge in [-0.05, 0) is 48.9 Å². The summed E-state index contributed by atoms with van der Waals surface area (Å²) < 4.78 is 3.67. The Labute approximate surface area is 195 Å². The van der Waals surface area contributed by atoms with Gasteiger partial charge in [-0.2, -0.15) is 0 Å². The fourth-order valence-electron chi connectivity index (χ4n) is 3.15. The van der Waals surface area contributed by atoms with Crippen molar-refractivity contribution in [2.75, 3.05) is 11.1 Å². The maximum Gasteiger partial charge on any atom is 0.251 e. The van der Waals surface area contributed by atoms with Crippen LogP contribution in [0.4, 0.5) is 5.69 Å². The Kier molecular flexibility index (Phi) is 6.84. The summed E-state index contributed by atoms with van der Waals surface area (Å²) in [5.74, 6) is -0.129. The van der Waals surface area contributed by atoms with E-state index in [1.807, 2.05) is 49.0 Å². The number of benzene rings is 2. The van der Waals surface area contributed by atoms with Gasteiger partial charge in [0.1, 0.15) is 6.33 Å². The standard InChI is InChI=1S/C23H23N7O2S/c1-16(17-5-9-20(10-6-17)30-12-11-24-14-30)26-22(32)18-3-7-19(8-4-18)27-21(31)13-33-23-28-25-15-29(23)2/h3-12,14-16H,13H2,1-2H3,(H,26,32)(H,27,31). The molecule has 0 fully saturated rings. The first-order chi connectivity index (χ1) is 16.0. The molecule has 4 rings (SSSR count). The molecule has 0 aliphatic rings. The quantitative estimate of drug-likeness (QED) is 0.390. The van der Waals surface area contributed by atoms with Crippen molar-refractivity contribution >= 4 is 29.3 Å². The lowest BCUT2D eigenvalue weighted by Crippen LogP contribution is -2.26. The van der Waals surface area contributed by atoms with Crippen LogP contribution in [0, 0.1) is 0 Å². The van der Waals surface area contributed by atoms with Gasteiger partial charge in [0.05, 0.1) is 18.1 Å². The topological polar surface area (TPSA) is 107 Å². The first-order valence-corrected chi connectivity index (χ1v) is 11.2. The van der Waals surface area contributed by atoms with Gasteiger partial charge in [0.25, 0.3) is 5.91 Å². The Hall–Kier alpha value is -3.92. The second-order valence-electron chi connectivity index (χ2n) is 7.40. The fourth-order valence-corrected chi connectivity index (χ4v) is 3.83. The molecule has 1 atom stereocenters. The number of nitrogens with zero attached hydrogens (tertiary/aromatic N) is 5. The third kappa shape index (κ3) is 5.66. The molecule has 9 nitrogen and oxygen atoms in total. The van der Waals surface area contributed by atoms with Crippen LogP contribution in [0.5, 0.6) is 0 Å². The monoisotopic (exact) mass is 461 g/mol. The summed E-state index contributed by atoms with van der Waals surface area (Å²) in [4.78, 5) is 28.9. The van der Waals surface area contributed by atoms with E-state index in [1.165, 1.54) is 11.8 Å². The number of nitrogens with one attached hydrogen (secondary N) is 2. The van der Waals surface area contributed by atoms with Gasteiger partial charge < -0.3 is 19.8 Å². The summed E-state index contributed by atoms with van der Waals surface area (Å²) in [6.07, 6.45) is 6.93. The molecule has 0 aliphatic carbocycles. The number of imidazole rings is 1. The van der Waals surface area contributed by atoms with Gasteiger partial charge in [-0.25, -0.2) is 4.98 Å². The van der Waals surface area contributed by atoms with Gasteiger partial charge in [0.15, 0.2) is 5.16 Å². The molecule has 0 aliphatic heterocycles. The van der Waals surface area contributed by atoms with Crippen LogP contribution >= 0.6 is 11.8 Å². The van der Waals surface area contributed by atoms with Crippen LogP contribution in [0.25, 0.3) is 5.69 Å². The number of carbonyl (C=O) groups excluding carboxylic acids is 2. The van der Waals surface area contributed by atoms with Gasteiger partial charge in [-0.15, -0.1) is 10.2 Å². The van der Waals surface area contributed by atoms with Gasteiger partial charge in [0, 0.05) is 36.4 Å². The van der Waals surface area contributed by atoms with Crippen LogP contribution in [0.15, 0.2) is 78.7 Å². The average Bonchev–Trinajstić information content (AvgIpc) is 3.50. The van der Waals surface area contributed by atoms with E-state index >= 15 is 0 Å². The third-order valence-corrected chi connectivity index (χ3v) is 6.01. The number of hydrogen-bond acceptors (Lipinski definition) is 6. The predicted octanol–water partition coefficient (Wildman–Crippen LogP) is 3.22. The van der Waals surface area contributed by atoms with E-state index in [-0.39, 0.29) is 23.6 Å². The van der Waals surface area contributed by atoms with Crippen molar-refractivity contribution in [3.05, 3.63) is 84.7 Å². The van der Waals surface area contributed by atoms with Crippen molar-refractivity contribution in [1.82, 2.24) is 29.6 Å². The highest BCUT2D eigenvalue weighted by Crippen LogP contribution is 2.18. The van der Waals surface area contributed by atoms with E-state index in [0.29, 0.717) is 16.4 Å². The van der Waals surface area contributed by atoms with E-state index in [2.05, 4.69) is 25.8 Å². The highest BCUT2D eigenvalue weighted by Gasteiger charge is 2.13. The lowest BCUT2D eigenvalue weighted by molar-refractivity contribution is -0.113. The van der Waals surface area contributed by atoms with Gasteiger partial charge in [-0.3, -0.25) is 9.59 Å². The highest BCUT2D eigenvalue weighted by atomic mass is 32.2. The van der Waals surface area contributed by atoms with Crippen LogP contribution in [0.1, 0.15) is 28.9 Å². The number of thioether (sulfide) groups is 1. The zero-order valence-corrected chi connectivity index (χ0v) is 19.0. The normalized spacial score (nSPS) is 11.7. The van der Waals surface area contributed by atoms with Crippen LogP contribution in [0.3, 0.4) is 0 Å². The molecule has 33 heavy (non-hydrogen) atoms. The minimum atomic E-state index is -0.183. The van der Waals surface area contributed by atoms with Crippen molar-refractivity contribution in [3.8, 4) is 5.69 Å². The Morgan fingerprint density at radius 1 is 1.06 bits per heavy atom. The molecule has 0 saturated heterocycles. The number of aryl methyl sites for hydroxylation is 1. The lowest BCUT2D eigenvalue weighted by atomic mass is 10.1. The molecular formula is C23H23N7O2S. The number of aromatic nitrogens is 5. The Morgan fingerprint density at radius 2 is 1.82 bits per heavy atom. The molecule has 0 bridgehead atoms. The summed E-state index contributed by atoms with van der Waals surface area (Å²) in [6.45, 7) is 1.94. The van der Waals surface area contributed by atoms with Crippen molar-refractivity contribution in [3.63, 3.8) is 0 Å². The lowest BCUT2D eigenvalue weighted by Gasteiger charge is -2.15. The Balaban J connectivity index is 1.29. The van der Waals surface area contributed by atoms with Crippen LogP contribution in [-0.2, 0) is 11.8 Å². The number of rotatable bonds is 8. The summed E-state index contributed by atoms with van der Waals surface area (Å²) in [5, 5.41) is 14.2. The molecule has 0 spiro atoms. The van der Waals surface area contributed by atoms with E-state index in [9.17, 15) is 9.59 Å². The second kappa shape index (κ2) is 10.1. The Bertz CT molecular complexity index is 1220. The van der Waals surface area contributed by atoms with Crippen LogP contribution in [-0.4, -0.2) is 41.9 Å². The minimum Gasteiger partial charge on any atom is -0.346 e. The molecule has 2 aromatic heterocycles. The third-order valence-electron chi connectivity index (χ3n) is 4.98. The predicted molar refractivity (Wildman–Crippen MR) is 126 cm³/mol. The molecule has 0 saturated carbocycles. The molecule has 2 N–H and O–H groups in total. The van der Waals surface area contributed by atoms with E-state index in [0.717, 1.165) is 11.3 Å². The maximum absolute atomic E-state index is 12.7. The highest BCUT2D eigenvalue weighted by molar-refractivity contribution is 7.99. The minimum absolute atomic E-state index is 0.159. The smallest absolute Gasteiger partial charge is 0.251 e. The largest absolute Gasteiger partial charge is 0.346 e. The van der Waals surface area contributed by atoms with Gasteiger partial charge >= 0.3 is 0 Å². The summed E-state index contributed by atoms with van der Waals surface area (Å²) in [7, 11) is 1.82. The number of hydrogen-bond donors (Lipinski definition) is 2. The second-order valence-corrected chi connectivity index (χ2v) is 8.34. The molecule has 10 heteroatoms. The van der Waals surface area contributed by atoms with E-state index in [1.54, 1.807) is 47.7 Å². The molecule has 2 amide bonds. The molecule has 0 radical (unpaired) electrons. The fraction of sp³-hybridized carbons (Fsp3) is 0.174. The number of carbonyl (C=O) groups is 2. The first kappa shape index (κ1) is 22.3. The molecule has 1 unspecified atom stereocenters. The Morgan fingerprint density at radius 3 is 2.45 bits per heavy atom. The molecule has 2 heterocycles. The van der Waals surface area contributed by atoms with Crippen molar-refractivity contribution < 1.29 is 9.59 Å². The van der Waals surface area contributed by atoms with Crippen molar-refractivity contribution in [2.45, 2.75) is 18.1 Å². The van der Waals surface area contributed by atoms with Crippen molar-refractivity contribution in [2.24, 2.45) is 7.05 Å². The van der Waals surface area contributed by atoms with Crippen LogP contribution in [0.2, 0.25) is 0 Å². The zero-order valence-electron chi connectivity index (χ0n) is 18.2. The van der Waals surface area contributed by atoms with E-state index in [4.69, 9.17) is 0 Å². The maximum atomic E-state index is 12.7. The summed E-state index contributed by atoms with van der Waals surface area (Å²) >= 11 is 1.30. The van der Waals surface area contributed by atoms with Crippen molar-refractivity contribution in [1.29, 1.82) is 0 Å². The molecule has 2 aromatic carbocycles. The van der Waals surface area contributed by atoms with Gasteiger partial charge in [-0.1, -0.05) is 23.9 Å². The van der Waals surface area contributed by atoms with Crippen LogP contribution < -0.4 is 10.6 Å². The number of amides is 2. The molecule has 168 valence electrons. The van der Waals surface area contributed by atoms with Gasteiger partial charge in [0.2, 0.25) is 5.91 Å². The summed E-state index contributed by atoms with van der Waals surface area (Å²) in [6, 6.07) is 14.6. The zero-order chi connectivity index (χ0) is 23.2. The average molecular weight is 462 g/mol. The number of anilines is 1. The molecule has 4 aromatic rings. The first-order valence-electron chi connectivity index (χ1n) is 10.3. The van der Waals surface area contributed by atoms with E-state index < -0.39 is 0 Å². The molecular weight excluding hydrogens is 438 g/mol. The summed E-state index contributed by atoms with van der Waals surface area (Å²) in [5.41, 5.74) is 3.14.